The molecule has 0 spiro atoms. The van der Waals surface area contributed by atoms with Crippen LogP contribution >= 0.6 is 0 Å². The molecule has 1 N–H and O–H groups in total. The van der Waals surface area contributed by atoms with E-state index in [1.54, 1.807) is 7.11 Å². The van der Waals surface area contributed by atoms with Gasteiger partial charge in [-0.05, 0) is 49.1 Å². The topological polar surface area (TPSA) is 67.5 Å². The predicted molar refractivity (Wildman–Crippen MR) is 115 cm³/mol. The Morgan fingerprint density at radius 2 is 1.90 bits per heavy atom. The van der Waals surface area contributed by atoms with Gasteiger partial charge in [0, 0.05) is 12.1 Å². The van der Waals surface area contributed by atoms with Gasteiger partial charge >= 0.3 is 0 Å². The first-order valence-corrected chi connectivity index (χ1v) is 10.4. The highest BCUT2D eigenvalue weighted by Gasteiger charge is 2.30. The second-order valence-electron chi connectivity index (χ2n) is 7.44. The quantitative estimate of drug-likeness (QED) is 0.623. The average molecular weight is 405 g/mol. The Kier molecular flexibility index (Phi) is 6.32. The summed E-state index contributed by atoms with van der Waals surface area (Å²) in [5.41, 5.74) is 3.09. The van der Waals surface area contributed by atoms with Gasteiger partial charge in [0.1, 0.15) is 11.5 Å². The number of hydrogen-bond acceptors (Lipinski definition) is 4. The van der Waals surface area contributed by atoms with E-state index in [4.69, 9.17) is 9.47 Å². The highest BCUT2D eigenvalue weighted by Crippen LogP contribution is 2.36. The van der Waals surface area contributed by atoms with Gasteiger partial charge in [-0.25, -0.2) is 0 Å². The van der Waals surface area contributed by atoms with Crippen LogP contribution in [-0.4, -0.2) is 41.3 Å². The molecule has 156 valence electrons. The molecule has 0 aliphatic carbocycles. The lowest BCUT2D eigenvalue weighted by atomic mass is 9.94. The van der Waals surface area contributed by atoms with Crippen LogP contribution in [0.1, 0.15) is 37.4 Å². The van der Waals surface area contributed by atoms with Crippen LogP contribution in [0.15, 0.2) is 60.8 Å². The molecule has 1 fully saturated rings. The number of hydrogen-bond donors (Lipinski definition) is 1. The van der Waals surface area contributed by atoms with Crippen molar-refractivity contribution < 1.29 is 14.3 Å². The summed E-state index contributed by atoms with van der Waals surface area (Å²) >= 11 is 0. The van der Waals surface area contributed by atoms with Crippen LogP contribution in [0, 0.1) is 0 Å². The fourth-order valence-corrected chi connectivity index (χ4v) is 4.00. The number of para-hydroxylation sites is 1. The first kappa shape index (κ1) is 20.0. The minimum atomic E-state index is 0.00239. The molecule has 1 saturated heterocycles. The van der Waals surface area contributed by atoms with E-state index in [0.717, 1.165) is 54.1 Å². The smallest absolute Gasteiger partial charge is 0.226 e. The number of rotatable bonds is 7. The van der Waals surface area contributed by atoms with Gasteiger partial charge in [0.2, 0.25) is 5.91 Å². The van der Waals surface area contributed by atoms with Gasteiger partial charge in [-0.2, -0.15) is 5.10 Å². The second kappa shape index (κ2) is 9.48. The molecule has 1 aromatic heterocycles. The van der Waals surface area contributed by atoms with Gasteiger partial charge < -0.3 is 14.4 Å². The molecule has 0 unspecified atom stereocenters. The number of amides is 1. The maximum absolute atomic E-state index is 13.0. The Labute approximate surface area is 176 Å². The van der Waals surface area contributed by atoms with E-state index in [9.17, 15) is 4.79 Å². The van der Waals surface area contributed by atoms with Crippen LogP contribution in [0.5, 0.6) is 11.5 Å². The fourth-order valence-electron chi connectivity index (χ4n) is 4.00. The van der Waals surface area contributed by atoms with E-state index in [1.807, 2.05) is 65.7 Å². The number of nitrogens with one attached hydrogen (secondary N) is 1. The lowest BCUT2D eigenvalue weighted by Crippen LogP contribution is -2.39. The summed E-state index contributed by atoms with van der Waals surface area (Å²) in [5.74, 6) is 1.72. The largest absolute Gasteiger partial charge is 0.497 e. The number of benzene rings is 2. The summed E-state index contributed by atoms with van der Waals surface area (Å²) in [6.07, 6.45) is 5.24. The molecule has 0 saturated carbocycles. The van der Waals surface area contributed by atoms with Gasteiger partial charge in [0.05, 0.1) is 38.1 Å². The van der Waals surface area contributed by atoms with Crippen LogP contribution in [0.2, 0.25) is 0 Å². The standard InChI is InChI=1S/C24H27N3O3/c1-29-19-12-10-18(11-13-19)21-17-25-26-24(21)22-9-5-6-15-27(22)23(28)14-16-30-20-7-3-2-4-8-20/h2-4,7-8,10-13,17,22H,5-6,9,14-16H2,1H3,(H,25,26)/t22-/m1/s1. The summed E-state index contributed by atoms with van der Waals surface area (Å²) in [4.78, 5) is 15.0. The third kappa shape index (κ3) is 4.48. The molecular formula is C24H27N3O3. The Morgan fingerprint density at radius 3 is 2.67 bits per heavy atom. The molecule has 3 aromatic rings. The zero-order valence-corrected chi connectivity index (χ0v) is 17.2. The predicted octanol–water partition coefficient (Wildman–Crippen LogP) is 4.61. The number of aromatic nitrogens is 2. The number of piperidine rings is 1. The molecule has 2 aromatic carbocycles. The molecule has 4 rings (SSSR count). The highest BCUT2D eigenvalue weighted by atomic mass is 16.5. The molecule has 30 heavy (non-hydrogen) atoms. The van der Waals surface area contributed by atoms with E-state index in [2.05, 4.69) is 10.2 Å². The minimum absolute atomic E-state index is 0.00239. The van der Waals surface area contributed by atoms with Gasteiger partial charge in [-0.1, -0.05) is 30.3 Å². The van der Waals surface area contributed by atoms with Crippen LogP contribution in [-0.2, 0) is 4.79 Å². The third-order valence-corrected chi connectivity index (χ3v) is 5.55. The van der Waals surface area contributed by atoms with Gasteiger partial charge in [-0.3, -0.25) is 9.89 Å². The summed E-state index contributed by atoms with van der Waals surface area (Å²) in [6, 6.07) is 17.5. The molecule has 0 radical (unpaired) electrons. The maximum atomic E-state index is 13.0. The number of nitrogens with zero attached hydrogens (tertiary/aromatic N) is 2. The Balaban J connectivity index is 1.47. The number of likely N-dealkylation sites (tertiary alicyclic amines) is 1. The number of aromatic amines is 1. The van der Waals surface area contributed by atoms with Crippen molar-refractivity contribution >= 4 is 5.91 Å². The minimum Gasteiger partial charge on any atom is -0.497 e. The van der Waals surface area contributed by atoms with Crippen LogP contribution in [0.4, 0.5) is 0 Å². The summed E-state index contributed by atoms with van der Waals surface area (Å²) < 4.78 is 11.0. The van der Waals surface area contributed by atoms with Crippen LogP contribution in [0.25, 0.3) is 11.1 Å². The molecule has 6 heteroatoms. The summed E-state index contributed by atoms with van der Waals surface area (Å²) in [5, 5.41) is 7.46. The molecule has 1 atom stereocenters. The van der Waals surface area contributed by atoms with Crippen molar-refractivity contribution in [3.05, 3.63) is 66.5 Å². The SMILES string of the molecule is COc1ccc(-c2cn[nH]c2[C@H]2CCCCN2C(=O)CCOc2ccccc2)cc1. The Bertz CT molecular complexity index is 953. The zero-order chi connectivity index (χ0) is 20.8. The van der Waals surface area contributed by atoms with E-state index in [-0.39, 0.29) is 11.9 Å². The van der Waals surface area contributed by atoms with Crippen molar-refractivity contribution in [1.82, 2.24) is 15.1 Å². The normalized spacial score (nSPS) is 16.3. The van der Waals surface area contributed by atoms with Gasteiger partial charge in [-0.15, -0.1) is 0 Å². The summed E-state index contributed by atoms with van der Waals surface area (Å²) in [6.45, 7) is 1.14. The van der Waals surface area contributed by atoms with E-state index < -0.39 is 0 Å². The van der Waals surface area contributed by atoms with Gasteiger partial charge in [0.25, 0.3) is 0 Å². The van der Waals surface area contributed by atoms with Crippen molar-refractivity contribution in [3.63, 3.8) is 0 Å². The lowest BCUT2D eigenvalue weighted by molar-refractivity contribution is -0.135. The monoisotopic (exact) mass is 405 g/mol. The Hall–Kier alpha value is -3.28. The number of ether oxygens (including phenoxy) is 2. The third-order valence-electron chi connectivity index (χ3n) is 5.55. The first-order valence-electron chi connectivity index (χ1n) is 10.4. The van der Waals surface area contributed by atoms with E-state index in [1.165, 1.54) is 0 Å². The lowest BCUT2D eigenvalue weighted by Gasteiger charge is -2.35. The Morgan fingerprint density at radius 1 is 1.10 bits per heavy atom. The number of H-pyrrole nitrogens is 1. The molecule has 6 nitrogen and oxygen atoms in total. The van der Waals surface area contributed by atoms with Crippen LogP contribution in [0.3, 0.4) is 0 Å². The molecule has 0 bridgehead atoms. The van der Waals surface area contributed by atoms with E-state index in [0.29, 0.717) is 13.0 Å². The van der Waals surface area contributed by atoms with Gasteiger partial charge in [0.15, 0.2) is 0 Å². The highest BCUT2D eigenvalue weighted by molar-refractivity contribution is 5.77. The van der Waals surface area contributed by atoms with Crippen molar-refractivity contribution in [2.45, 2.75) is 31.7 Å². The number of carbonyl (C=O) groups excluding carboxylic acids is 1. The molecule has 1 amide bonds. The number of methoxy groups -OCH3 is 1. The van der Waals surface area contributed by atoms with E-state index >= 15 is 0 Å². The van der Waals surface area contributed by atoms with Crippen molar-refractivity contribution in [2.24, 2.45) is 0 Å². The van der Waals surface area contributed by atoms with Crippen molar-refractivity contribution in [2.75, 3.05) is 20.3 Å². The molecule has 2 heterocycles. The molecule has 1 aliphatic heterocycles. The second-order valence-corrected chi connectivity index (χ2v) is 7.44. The average Bonchev–Trinajstić information content (AvgIpc) is 3.29. The summed E-state index contributed by atoms with van der Waals surface area (Å²) in [7, 11) is 1.66. The molecule has 1 aliphatic rings. The number of carbonyl (C=O) groups is 1. The van der Waals surface area contributed by atoms with Crippen LogP contribution < -0.4 is 9.47 Å². The van der Waals surface area contributed by atoms with Crippen molar-refractivity contribution in [1.29, 1.82) is 0 Å². The van der Waals surface area contributed by atoms with Crippen molar-refractivity contribution in [3.8, 4) is 22.6 Å². The maximum Gasteiger partial charge on any atom is 0.226 e. The zero-order valence-electron chi connectivity index (χ0n) is 17.2. The molecular weight excluding hydrogens is 378 g/mol. The first-order chi connectivity index (χ1) is 14.8. The fraction of sp³-hybridized carbons (Fsp3) is 0.333.